The van der Waals surface area contributed by atoms with Gasteiger partial charge in [-0.1, -0.05) is 17.7 Å². The van der Waals surface area contributed by atoms with Crippen LogP contribution in [0.3, 0.4) is 0 Å². The Bertz CT molecular complexity index is 482. The molecule has 15 heavy (non-hydrogen) atoms. The van der Waals surface area contributed by atoms with E-state index in [4.69, 9.17) is 21.3 Å². The van der Waals surface area contributed by atoms with E-state index in [1.165, 1.54) is 0 Å². The topological polar surface area (TPSA) is 91.7 Å². The van der Waals surface area contributed by atoms with Crippen LogP contribution in [-0.4, -0.2) is 24.4 Å². The summed E-state index contributed by atoms with van der Waals surface area (Å²) in [4.78, 5) is 10.4. The van der Waals surface area contributed by atoms with E-state index in [9.17, 15) is 13.2 Å². The molecule has 0 heterocycles. The first-order valence-electron chi connectivity index (χ1n) is 3.68. The number of rotatable bonds is 3. The van der Waals surface area contributed by atoms with Gasteiger partial charge in [-0.2, -0.15) is 8.42 Å². The van der Waals surface area contributed by atoms with E-state index >= 15 is 0 Å². The summed E-state index contributed by atoms with van der Waals surface area (Å²) < 4.78 is 30.3. The Balaban J connectivity index is 3.32. The molecule has 1 rings (SSSR count). The quantitative estimate of drug-likeness (QED) is 0.782. The van der Waals surface area contributed by atoms with E-state index in [1.807, 2.05) is 0 Å². The van der Waals surface area contributed by atoms with Crippen LogP contribution in [-0.2, 0) is 14.9 Å². The van der Waals surface area contributed by atoms with Crippen LogP contribution in [0.15, 0.2) is 18.2 Å². The Kier molecular flexibility index (Phi) is 3.33. The van der Waals surface area contributed by atoms with Crippen molar-refractivity contribution in [3.63, 3.8) is 0 Å². The standard InChI is InChI=1S/C8H6ClO5S/c9-7-3-5(11)1-2-6(7)8(4-10)15(12,13)14/h1-3,8,11H,(H,12,13,14). The van der Waals surface area contributed by atoms with E-state index in [2.05, 4.69) is 0 Å². The molecule has 1 aromatic rings. The molecule has 0 saturated heterocycles. The van der Waals surface area contributed by atoms with Crippen molar-refractivity contribution in [1.82, 2.24) is 0 Å². The lowest BCUT2D eigenvalue weighted by atomic mass is 10.1. The Morgan fingerprint density at radius 3 is 2.40 bits per heavy atom. The van der Waals surface area contributed by atoms with Crippen LogP contribution in [0.4, 0.5) is 0 Å². The van der Waals surface area contributed by atoms with Crippen molar-refractivity contribution >= 4 is 28.0 Å². The fourth-order valence-corrected chi connectivity index (χ4v) is 2.01. The maximum atomic E-state index is 10.8. The fourth-order valence-electron chi connectivity index (χ4n) is 1.01. The molecular formula is C8H6ClO5S. The number of benzene rings is 1. The molecule has 2 N–H and O–H groups in total. The Morgan fingerprint density at radius 1 is 1.40 bits per heavy atom. The molecule has 7 heteroatoms. The minimum Gasteiger partial charge on any atom is -0.508 e. The Hall–Kier alpha value is -1.11. The summed E-state index contributed by atoms with van der Waals surface area (Å²) in [5.74, 6) is -0.177. The SMILES string of the molecule is O=[C]C(c1ccc(O)cc1Cl)S(=O)(=O)O. The fraction of sp³-hybridized carbons (Fsp3) is 0.125. The third-order valence-electron chi connectivity index (χ3n) is 1.67. The minimum atomic E-state index is -4.59. The molecule has 0 spiro atoms. The number of aromatic hydroxyl groups is 1. The molecule has 0 aliphatic heterocycles. The number of phenols is 1. The van der Waals surface area contributed by atoms with Crippen molar-refractivity contribution in [2.24, 2.45) is 0 Å². The summed E-state index contributed by atoms with van der Waals surface area (Å²) in [5.41, 5.74) is -0.132. The third-order valence-corrected chi connectivity index (χ3v) is 2.94. The van der Waals surface area contributed by atoms with Crippen molar-refractivity contribution in [2.75, 3.05) is 0 Å². The summed E-state index contributed by atoms with van der Waals surface area (Å²) >= 11 is 5.59. The summed E-state index contributed by atoms with van der Waals surface area (Å²) in [7, 11) is -4.59. The van der Waals surface area contributed by atoms with Gasteiger partial charge in [-0.15, -0.1) is 0 Å². The van der Waals surface area contributed by atoms with Gasteiger partial charge in [-0.3, -0.25) is 9.35 Å². The van der Waals surface area contributed by atoms with Crippen LogP contribution in [0.1, 0.15) is 10.8 Å². The third kappa shape index (κ3) is 2.68. The van der Waals surface area contributed by atoms with Crippen molar-refractivity contribution in [2.45, 2.75) is 5.25 Å². The highest BCUT2D eigenvalue weighted by Gasteiger charge is 2.27. The van der Waals surface area contributed by atoms with E-state index in [0.29, 0.717) is 0 Å². The first kappa shape index (κ1) is 12.0. The number of phenolic OH excluding ortho intramolecular Hbond substituents is 1. The normalized spacial score (nSPS) is 13.5. The molecule has 81 valence electrons. The first-order valence-corrected chi connectivity index (χ1v) is 5.56. The molecule has 0 bridgehead atoms. The van der Waals surface area contributed by atoms with Crippen LogP contribution in [0.2, 0.25) is 5.02 Å². The number of carbonyl (C=O) groups excluding carboxylic acids is 1. The van der Waals surface area contributed by atoms with Gasteiger partial charge in [0.05, 0.1) is 0 Å². The Labute approximate surface area is 91.0 Å². The molecule has 1 atom stereocenters. The summed E-state index contributed by atoms with van der Waals surface area (Å²) in [6, 6.07) is 3.34. The average molecular weight is 250 g/mol. The van der Waals surface area contributed by atoms with Crippen LogP contribution in [0.25, 0.3) is 0 Å². The molecule has 0 fully saturated rings. The lowest BCUT2D eigenvalue weighted by Crippen LogP contribution is -2.13. The lowest BCUT2D eigenvalue weighted by molar-refractivity contribution is 0.470. The van der Waals surface area contributed by atoms with E-state index in [1.54, 1.807) is 0 Å². The summed E-state index contributed by atoms with van der Waals surface area (Å²) in [5, 5.41) is 7.01. The van der Waals surface area contributed by atoms with Crippen molar-refractivity contribution in [3.8, 4) is 5.75 Å². The number of hydrogen-bond donors (Lipinski definition) is 2. The minimum absolute atomic E-state index is 0.132. The monoisotopic (exact) mass is 249 g/mol. The molecular weight excluding hydrogens is 244 g/mol. The highest BCUT2D eigenvalue weighted by atomic mass is 35.5. The average Bonchev–Trinajstić information content (AvgIpc) is 2.07. The van der Waals surface area contributed by atoms with Gasteiger partial charge in [0, 0.05) is 5.02 Å². The van der Waals surface area contributed by atoms with Gasteiger partial charge in [-0.05, 0) is 17.7 Å². The first-order chi connectivity index (χ1) is 6.86. The highest BCUT2D eigenvalue weighted by molar-refractivity contribution is 7.86. The molecule has 1 unspecified atom stereocenters. The molecule has 0 aliphatic rings. The molecule has 0 amide bonds. The van der Waals surface area contributed by atoms with Crippen LogP contribution in [0.5, 0.6) is 5.75 Å². The predicted octanol–water partition coefficient (Wildman–Crippen LogP) is 1.08. The van der Waals surface area contributed by atoms with Gasteiger partial charge in [0.1, 0.15) is 5.75 Å². The predicted molar refractivity (Wildman–Crippen MR) is 53.1 cm³/mol. The maximum Gasteiger partial charge on any atom is 0.279 e. The summed E-state index contributed by atoms with van der Waals surface area (Å²) in [6.45, 7) is 0. The lowest BCUT2D eigenvalue weighted by Gasteiger charge is -2.08. The zero-order chi connectivity index (χ0) is 11.6. The van der Waals surface area contributed by atoms with Gasteiger partial charge >= 0.3 is 0 Å². The van der Waals surface area contributed by atoms with Crippen molar-refractivity contribution < 1.29 is 22.9 Å². The summed E-state index contributed by atoms with van der Waals surface area (Å²) in [6.07, 6.45) is 1.16. The smallest absolute Gasteiger partial charge is 0.279 e. The second kappa shape index (κ2) is 4.18. The van der Waals surface area contributed by atoms with Crippen molar-refractivity contribution in [3.05, 3.63) is 28.8 Å². The second-order valence-electron chi connectivity index (χ2n) is 2.72. The molecule has 1 aromatic carbocycles. The van der Waals surface area contributed by atoms with Crippen LogP contribution >= 0.6 is 11.6 Å². The van der Waals surface area contributed by atoms with Crippen molar-refractivity contribution in [1.29, 1.82) is 0 Å². The van der Waals surface area contributed by atoms with Gasteiger partial charge in [-0.25, -0.2) is 0 Å². The van der Waals surface area contributed by atoms with E-state index in [0.717, 1.165) is 24.5 Å². The molecule has 5 nitrogen and oxygen atoms in total. The van der Waals surface area contributed by atoms with Crippen LogP contribution in [0, 0.1) is 0 Å². The van der Waals surface area contributed by atoms with E-state index in [-0.39, 0.29) is 16.3 Å². The molecule has 0 aliphatic carbocycles. The molecule has 0 aromatic heterocycles. The van der Waals surface area contributed by atoms with Gasteiger partial charge < -0.3 is 5.11 Å². The number of hydrogen-bond acceptors (Lipinski definition) is 4. The molecule has 0 saturated carbocycles. The molecule has 1 radical (unpaired) electrons. The van der Waals surface area contributed by atoms with Gasteiger partial charge in [0.15, 0.2) is 5.25 Å². The van der Waals surface area contributed by atoms with Gasteiger partial charge in [0.25, 0.3) is 10.1 Å². The van der Waals surface area contributed by atoms with Crippen LogP contribution < -0.4 is 0 Å². The zero-order valence-electron chi connectivity index (χ0n) is 7.21. The second-order valence-corrected chi connectivity index (χ2v) is 4.63. The Morgan fingerprint density at radius 2 is 2.00 bits per heavy atom. The number of halogens is 1. The highest BCUT2D eigenvalue weighted by Crippen LogP contribution is 2.29. The van der Waals surface area contributed by atoms with E-state index < -0.39 is 15.4 Å². The zero-order valence-corrected chi connectivity index (χ0v) is 8.79. The van der Waals surface area contributed by atoms with Gasteiger partial charge in [0.2, 0.25) is 6.29 Å². The maximum absolute atomic E-state index is 10.8. The largest absolute Gasteiger partial charge is 0.508 e.